The van der Waals surface area contributed by atoms with E-state index >= 15 is 0 Å². The summed E-state index contributed by atoms with van der Waals surface area (Å²) in [6, 6.07) is 8.42. The summed E-state index contributed by atoms with van der Waals surface area (Å²) in [7, 11) is 1.83. The fourth-order valence-corrected chi connectivity index (χ4v) is 2.63. The molecule has 0 heterocycles. The van der Waals surface area contributed by atoms with E-state index in [0.717, 1.165) is 22.9 Å². The molecule has 1 N–H and O–H groups in total. The maximum absolute atomic E-state index is 12.3. The second-order valence-electron chi connectivity index (χ2n) is 5.27. The Balaban J connectivity index is 1.89. The van der Waals surface area contributed by atoms with E-state index in [-0.39, 0.29) is 12.5 Å². The molecule has 1 aromatic rings. The van der Waals surface area contributed by atoms with Gasteiger partial charge in [0.1, 0.15) is 0 Å². The first-order valence-corrected chi connectivity index (χ1v) is 7.73. The minimum Gasteiger partial charge on any atom is -0.395 e. The van der Waals surface area contributed by atoms with Gasteiger partial charge in [0.2, 0.25) is 5.91 Å². The third-order valence-electron chi connectivity index (χ3n) is 3.58. The number of rotatable bonds is 7. The Kier molecular flexibility index (Phi) is 5.57. The van der Waals surface area contributed by atoms with E-state index < -0.39 is 0 Å². The lowest BCUT2D eigenvalue weighted by Gasteiger charge is -2.24. The molecular formula is C15H21BrN2O2. The molecule has 0 radical (unpaired) electrons. The summed E-state index contributed by atoms with van der Waals surface area (Å²) in [4.78, 5) is 16.1. The summed E-state index contributed by atoms with van der Waals surface area (Å²) in [5.41, 5.74) is 1.10. The van der Waals surface area contributed by atoms with Crippen LogP contribution in [0.3, 0.4) is 0 Å². The van der Waals surface area contributed by atoms with Gasteiger partial charge in [0.05, 0.1) is 13.2 Å². The van der Waals surface area contributed by atoms with Crippen molar-refractivity contribution in [3.63, 3.8) is 0 Å². The van der Waals surface area contributed by atoms with E-state index in [1.165, 1.54) is 0 Å². The number of hydrogen-bond acceptors (Lipinski definition) is 3. The van der Waals surface area contributed by atoms with E-state index in [0.29, 0.717) is 25.7 Å². The molecule has 4 nitrogen and oxygen atoms in total. The molecule has 1 saturated carbocycles. The van der Waals surface area contributed by atoms with Gasteiger partial charge in [-0.05, 0) is 24.5 Å². The summed E-state index contributed by atoms with van der Waals surface area (Å²) < 4.78 is 1.02. The second-order valence-corrected chi connectivity index (χ2v) is 6.12. The van der Waals surface area contributed by atoms with Crippen molar-refractivity contribution in [2.45, 2.75) is 25.4 Å². The summed E-state index contributed by atoms with van der Waals surface area (Å²) in [6.45, 7) is 1.68. The minimum atomic E-state index is 0.0982. The number of hydrogen-bond donors (Lipinski definition) is 1. The normalized spacial score (nSPS) is 14.6. The topological polar surface area (TPSA) is 43.8 Å². The number of carbonyl (C=O) groups is 1. The van der Waals surface area contributed by atoms with Gasteiger partial charge in [0.25, 0.3) is 0 Å². The van der Waals surface area contributed by atoms with Gasteiger partial charge in [-0.3, -0.25) is 9.69 Å². The molecule has 1 aromatic carbocycles. The van der Waals surface area contributed by atoms with Crippen molar-refractivity contribution in [2.24, 2.45) is 0 Å². The van der Waals surface area contributed by atoms with Gasteiger partial charge in [-0.1, -0.05) is 34.1 Å². The molecule has 0 atom stereocenters. The van der Waals surface area contributed by atoms with E-state index in [1.807, 2.05) is 31.3 Å². The van der Waals surface area contributed by atoms with Crippen molar-refractivity contribution >= 4 is 21.8 Å². The molecule has 0 unspecified atom stereocenters. The van der Waals surface area contributed by atoms with Gasteiger partial charge >= 0.3 is 0 Å². The predicted octanol–water partition coefficient (Wildman–Crippen LogP) is 1.86. The van der Waals surface area contributed by atoms with Gasteiger partial charge in [-0.15, -0.1) is 0 Å². The summed E-state index contributed by atoms with van der Waals surface area (Å²) in [6.07, 6.45) is 2.28. The van der Waals surface area contributed by atoms with E-state index in [1.54, 1.807) is 4.90 Å². The Hall–Kier alpha value is -0.910. The average Bonchev–Trinajstić information content (AvgIpc) is 3.25. The highest BCUT2D eigenvalue weighted by Crippen LogP contribution is 2.26. The molecule has 0 spiro atoms. The fourth-order valence-electron chi connectivity index (χ4n) is 2.22. The molecule has 2 rings (SSSR count). The van der Waals surface area contributed by atoms with Crippen LogP contribution in [-0.4, -0.2) is 53.6 Å². The molecular weight excluding hydrogens is 320 g/mol. The monoisotopic (exact) mass is 340 g/mol. The van der Waals surface area contributed by atoms with E-state index in [9.17, 15) is 4.79 Å². The Bertz CT molecular complexity index is 463. The number of likely N-dealkylation sites (N-methyl/N-ethyl adjacent to an activating group) is 1. The third kappa shape index (κ3) is 4.30. The molecule has 0 bridgehead atoms. The lowest BCUT2D eigenvalue weighted by Crippen LogP contribution is -2.40. The Morgan fingerprint density at radius 1 is 1.40 bits per heavy atom. The largest absolute Gasteiger partial charge is 0.395 e. The van der Waals surface area contributed by atoms with Gasteiger partial charge in [0.15, 0.2) is 0 Å². The van der Waals surface area contributed by atoms with E-state index in [4.69, 9.17) is 5.11 Å². The van der Waals surface area contributed by atoms with Crippen molar-refractivity contribution < 1.29 is 9.90 Å². The highest BCUT2D eigenvalue weighted by Gasteiger charge is 2.30. The molecule has 110 valence electrons. The molecule has 1 fully saturated rings. The van der Waals surface area contributed by atoms with Gasteiger partial charge < -0.3 is 10.0 Å². The van der Waals surface area contributed by atoms with Crippen molar-refractivity contribution in [3.05, 3.63) is 34.3 Å². The SMILES string of the molecule is CN(Cc1ccccc1Br)C(=O)CN(CCO)C1CC1. The quantitative estimate of drug-likeness (QED) is 0.823. The molecule has 1 aliphatic carbocycles. The van der Waals surface area contributed by atoms with Crippen molar-refractivity contribution in [1.82, 2.24) is 9.80 Å². The smallest absolute Gasteiger partial charge is 0.236 e. The number of aliphatic hydroxyl groups is 1. The van der Waals surface area contributed by atoms with Gasteiger partial charge in [-0.2, -0.15) is 0 Å². The van der Waals surface area contributed by atoms with Crippen LogP contribution in [0.5, 0.6) is 0 Å². The molecule has 0 saturated heterocycles. The summed E-state index contributed by atoms with van der Waals surface area (Å²) >= 11 is 3.50. The molecule has 20 heavy (non-hydrogen) atoms. The van der Waals surface area contributed by atoms with Gasteiger partial charge in [-0.25, -0.2) is 0 Å². The standard InChI is InChI=1S/C15H21BrN2O2/c1-17(10-12-4-2-3-5-14(12)16)15(20)11-18(8-9-19)13-6-7-13/h2-5,13,19H,6-11H2,1H3. The zero-order chi connectivity index (χ0) is 14.5. The minimum absolute atomic E-state index is 0.0982. The molecule has 5 heteroatoms. The number of benzene rings is 1. The zero-order valence-corrected chi connectivity index (χ0v) is 13.3. The molecule has 1 amide bonds. The van der Waals surface area contributed by atoms with Crippen molar-refractivity contribution in [2.75, 3.05) is 26.7 Å². The summed E-state index contributed by atoms with van der Waals surface area (Å²) in [5, 5.41) is 9.06. The van der Waals surface area contributed by atoms with Crippen LogP contribution in [0.15, 0.2) is 28.7 Å². The van der Waals surface area contributed by atoms with E-state index in [2.05, 4.69) is 20.8 Å². The van der Waals surface area contributed by atoms with Crippen LogP contribution in [0.1, 0.15) is 18.4 Å². The van der Waals surface area contributed by atoms with Gasteiger partial charge in [0, 0.05) is 30.7 Å². The van der Waals surface area contributed by atoms with Crippen LogP contribution >= 0.6 is 15.9 Å². The zero-order valence-electron chi connectivity index (χ0n) is 11.8. The van der Waals surface area contributed by atoms with Crippen LogP contribution in [-0.2, 0) is 11.3 Å². The number of carbonyl (C=O) groups excluding carboxylic acids is 1. The molecule has 0 aliphatic heterocycles. The van der Waals surface area contributed by atoms with Crippen molar-refractivity contribution in [3.8, 4) is 0 Å². The Morgan fingerprint density at radius 2 is 2.10 bits per heavy atom. The highest BCUT2D eigenvalue weighted by molar-refractivity contribution is 9.10. The first kappa shape index (κ1) is 15.5. The first-order valence-electron chi connectivity index (χ1n) is 6.94. The maximum Gasteiger partial charge on any atom is 0.236 e. The summed E-state index contributed by atoms with van der Waals surface area (Å²) in [5.74, 6) is 0.0982. The van der Waals surface area contributed by atoms with Crippen molar-refractivity contribution in [1.29, 1.82) is 0 Å². The third-order valence-corrected chi connectivity index (χ3v) is 4.35. The number of amides is 1. The lowest BCUT2D eigenvalue weighted by molar-refractivity contribution is -0.131. The number of halogens is 1. The first-order chi connectivity index (χ1) is 9.61. The Labute approximate surface area is 128 Å². The second kappa shape index (κ2) is 7.20. The average molecular weight is 341 g/mol. The predicted molar refractivity (Wildman–Crippen MR) is 82.3 cm³/mol. The lowest BCUT2D eigenvalue weighted by atomic mass is 10.2. The molecule has 1 aliphatic rings. The fraction of sp³-hybridized carbons (Fsp3) is 0.533. The number of aliphatic hydroxyl groups excluding tert-OH is 1. The van der Waals surface area contributed by atoms with Crippen LogP contribution in [0.2, 0.25) is 0 Å². The number of nitrogens with zero attached hydrogens (tertiary/aromatic N) is 2. The Morgan fingerprint density at radius 3 is 2.70 bits per heavy atom. The highest BCUT2D eigenvalue weighted by atomic mass is 79.9. The van der Waals surface area contributed by atoms with Crippen LogP contribution in [0, 0.1) is 0 Å². The van der Waals surface area contributed by atoms with Crippen LogP contribution in [0.4, 0.5) is 0 Å². The van der Waals surface area contributed by atoms with Crippen LogP contribution in [0.25, 0.3) is 0 Å². The maximum atomic E-state index is 12.3. The van der Waals surface area contributed by atoms with Crippen LogP contribution < -0.4 is 0 Å². The molecule has 0 aromatic heterocycles.